The zero-order valence-electron chi connectivity index (χ0n) is 44.9. The van der Waals surface area contributed by atoms with Crippen molar-refractivity contribution in [2.75, 3.05) is 57.4 Å². The molecule has 9 rings (SSSR count). The number of benzene rings is 3. The molecule has 5 atom stereocenters. The number of aliphatic hydroxyl groups excluding tert-OH is 1. The number of aryl methyl sites for hydroxylation is 3. The summed E-state index contributed by atoms with van der Waals surface area (Å²) in [7, 11) is 0. The fourth-order valence-corrected chi connectivity index (χ4v) is 12.4. The van der Waals surface area contributed by atoms with Crippen LogP contribution < -0.4 is 20.9 Å². The number of hydrogen-bond acceptors (Lipinski definition) is 14. The van der Waals surface area contributed by atoms with E-state index in [-0.39, 0.29) is 50.4 Å². The van der Waals surface area contributed by atoms with Crippen LogP contribution in [0.4, 0.5) is 5.69 Å². The first-order valence-electron chi connectivity index (χ1n) is 26.2. The molecule has 3 aromatic heterocycles. The minimum atomic E-state index is -0.952. The topological polar surface area (TPSA) is 200 Å². The third-order valence-electron chi connectivity index (χ3n) is 14.7. The van der Waals surface area contributed by atoms with E-state index < -0.39 is 41.5 Å². The Morgan fingerprint density at radius 1 is 0.883 bits per heavy atom. The molecule has 20 heteroatoms. The summed E-state index contributed by atoms with van der Waals surface area (Å²) in [6.07, 6.45) is -0.674. The van der Waals surface area contributed by atoms with Crippen LogP contribution in [-0.2, 0) is 30.5 Å². The molecule has 3 aromatic carbocycles. The molecule has 0 saturated carbocycles. The molecule has 406 valence electrons. The molecule has 77 heavy (non-hydrogen) atoms. The van der Waals surface area contributed by atoms with Gasteiger partial charge in [0.1, 0.15) is 35.6 Å². The summed E-state index contributed by atoms with van der Waals surface area (Å²) in [6.45, 7) is 19.9. The molecule has 0 spiro atoms. The van der Waals surface area contributed by atoms with Crippen molar-refractivity contribution in [3.63, 3.8) is 0 Å². The van der Waals surface area contributed by atoms with E-state index in [0.717, 1.165) is 92.4 Å². The van der Waals surface area contributed by atoms with E-state index >= 15 is 0 Å². The van der Waals surface area contributed by atoms with Crippen LogP contribution in [-0.4, -0.2) is 135 Å². The van der Waals surface area contributed by atoms with Crippen LogP contribution in [0.15, 0.2) is 83.3 Å². The molecular weight excluding hydrogens is 1030 g/mol. The van der Waals surface area contributed by atoms with E-state index in [4.69, 9.17) is 21.3 Å². The third-order valence-corrected chi connectivity index (χ3v) is 17.2. The number of aliphatic hydroxyl groups is 1. The molecule has 4 N–H and O–H groups in total. The Hall–Kier alpha value is -6.35. The number of halogens is 1. The number of fused-ring (bicyclic) bond motifs is 3. The van der Waals surface area contributed by atoms with Gasteiger partial charge in [-0.25, -0.2) is 4.98 Å². The van der Waals surface area contributed by atoms with Gasteiger partial charge < -0.3 is 35.6 Å². The molecular formula is C57H68ClN11O6S2. The van der Waals surface area contributed by atoms with E-state index in [9.17, 15) is 24.3 Å². The van der Waals surface area contributed by atoms with Crippen molar-refractivity contribution < 1.29 is 29.0 Å². The van der Waals surface area contributed by atoms with Gasteiger partial charge in [-0.05, 0) is 86.6 Å². The summed E-state index contributed by atoms with van der Waals surface area (Å²) in [6, 6.07) is 21.2. The zero-order chi connectivity index (χ0) is 54.7. The van der Waals surface area contributed by atoms with Gasteiger partial charge >= 0.3 is 0 Å². The molecule has 17 nitrogen and oxygen atoms in total. The first-order valence-corrected chi connectivity index (χ1v) is 28.3. The smallest absolute Gasteiger partial charge is 0.246 e. The highest BCUT2D eigenvalue weighted by atomic mass is 35.5. The minimum Gasteiger partial charge on any atom is -0.391 e. The van der Waals surface area contributed by atoms with Crippen LogP contribution in [0.3, 0.4) is 0 Å². The number of rotatable bonds is 17. The first kappa shape index (κ1) is 55.4. The molecule has 1 unspecified atom stereocenters. The third kappa shape index (κ3) is 12.7. The predicted octanol–water partition coefficient (Wildman–Crippen LogP) is 7.45. The average molecular weight is 1100 g/mol. The predicted molar refractivity (Wildman–Crippen MR) is 302 cm³/mol. The summed E-state index contributed by atoms with van der Waals surface area (Å²) in [4.78, 5) is 72.7. The van der Waals surface area contributed by atoms with Gasteiger partial charge in [0, 0.05) is 78.9 Å². The summed E-state index contributed by atoms with van der Waals surface area (Å²) in [5.41, 5.74) is 9.99. The number of aromatic nitrogens is 4. The maximum atomic E-state index is 14.1. The number of likely N-dealkylation sites (tertiary alicyclic amines) is 1. The second-order valence-corrected chi connectivity index (χ2v) is 23.8. The Bertz CT molecular complexity index is 3120. The lowest BCUT2D eigenvalue weighted by Crippen LogP contribution is -2.58. The SMILES string of the molecule is Cc1ncsc1-c1ccc(CNC(=O)[C@@H]2C[C@@H](O)CN2C(=O)C(NC(=O)COCCN2CCN(c3ccc([C@@H](C)NC(=O)C[C@@H]4N=C(c5ccc(Cl)cc5)c5c(sc(C)c5C)-n5c(C)nnc54)cc3)CC2)C(C)(C)C)cc1. The van der Waals surface area contributed by atoms with Crippen LogP contribution in [0.2, 0.25) is 5.02 Å². The van der Waals surface area contributed by atoms with Crippen molar-refractivity contribution in [1.82, 2.24) is 45.5 Å². The lowest BCUT2D eigenvalue weighted by molar-refractivity contribution is -0.144. The largest absolute Gasteiger partial charge is 0.391 e. The second-order valence-electron chi connectivity index (χ2n) is 21.3. The van der Waals surface area contributed by atoms with Gasteiger partial charge in [-0.2, -0.15) is 0 Å². The van der Waals surface area contributed by atoms with Gasteiger partial charge in [-0.15, -0.1) is 32.9 Å². The Kier molecular flexibility index (Phi) is 17.1. The van der Waals surface area contributed by atoms with E-state index in [1.165, 1.54) is 9.78 Å². The van der Waals surface area contributed by atoms with Crippen molar-refractivity contribution >= 4 is 69.3 Å². The van der Waals surface area contributed by atoms with Crippen LogP contribution >= 0.6 is 34.3 Å². The van der Waals surface area contributed by atoms with Gasteiger partial charge in [-0.1, -0.05) is 80.9 Å². The summed E-state index contributed by atoms with van der Waals surface area (Å²) < 4.78 is 7.89. The number of thiophene rings is 1. The first-order chi connectivity index (χ1) is 36.8. The molecule has 6 heterocycles. The maximum Gasteiger partial charge on any atom is 0.246 e. The number of amides is 4. The molecule has 0 bridgehead atoms. The molecule has 0 aliphatic carbocycles. The number of carbonyl (C=O) groups excluding carboxylic acids is 4. The van der Waals surface area contributed by atoms with E-state index in [1.807, 2.05) is 95.6 Å². The number of anilines is 1. The summed E-state index contributed by atoms with van der Waals surface area (Å²) >= 11 is 9.54. The summed E-state index contributed by atoms with van der Waals surface area (Å²) in [5.74, 6) is 0.00957. The highest BCUT2D eigenvalue weighted by Crippen LogP contribution is 2.40. The number of β-amino-alcohol motifs (C(OH)–C–C–N with tert-alkyl or cyclic N) is 1. The van der Waals surface area contributed by atoms with E-state index in [0.29, 0.717) is 24.0 Å². The number of ether oxygens (including phenoxy) is 1. The molecule has 4 amide bonds. The van der Waals surface area contributed by atoms with Gasteiger partial charge in [0.05, 0.1) is 47.0 Å². The number of thiazole rings is 1. The standard InChI is InChI=1S/C57H68ClN11O6S2/c1-33-36(4)77-56-49(33)50(40-13-17-42(58)18-14-40)62-45(53-65-64-37(5)69(53)56)28-47(71)61-34(2)39-15-19-43(20-16-39)67-23-21-66(22-24-67)25-26-75-31-48(72)63-52(57(6,7)8)55(74)68-30-44(70)27-46(68)54(73)59-29-38-9-11-41(12-10-38)51-35(3)60-32-76-51/h9-20,32,34,44-46,52,70H,21-31H2,1-8H3,(H,59,73)(H,61,71)(H,63,72)/t34-,44-,45+,46+,52?/m1/s1. The Morgan fingerprint density at radius 2 is 1.58 bits per heavy atom. The number of nitrogens with zero attached hydrogens (tertiary/aromatic N) is 8. The quantitative estimate of drug-likeness (QED) is 0.0662. The van der Waals surface area contributed by atoms with Gasteiger partial charge in [0.2, 0.25) is 23.6 Å². The number of piperazine rings is 1. The highest BCUT2D eigenvalue weighted by molar-refractivity contribution is 7.15. The van der Waals surface area contributed by atoms with Crippen molar-refractivity contribution in [3.8, 4) is 15.4 Å². The number of hydrogen-bond donors (Lipinski definition) is 4. The Labute approximate surface area is 463 Å². The maximum absolute atomic E-state index is 14.1. The molecule has 2 saturated heterocycles. The van der Waals surface area contributed by atoms with E-state index in [1.54, 1.807) is 22.7 Å². The number of carbonyl (C=O) groups is 4. The van der Waals surface area contributed by atoms with Gasteiger partial charge in [0.25, 0.3) is 0 Å². The zero-order valence-corrected chi connectivity index (χ0v) is 47.3. The van der Waals surface area contributed by atoms with Gasteiger partial charge in [0.15, 0.2) is 5.82 Å². The molecule has 3 aliphatic heterocycles. The normalized spacial score (nSPS) is 18.5. The second kappa shape index (κ2) is 23.7. The molecule has 0 radical (unpaired) electrons. The lowest BCUT2D eigenvalue weighted by atomic mass is 9.85. The van der Waals surface area contributed by atoms with Gasteiger partial charge in [-0.3, -0.25) is 33.6 Å². The minimum absolute atomic E-state index is 0.00770. The Morgan fingerprint density at radius 3 is 2.26 bits per heavy atom. The monoisotopic (exact) mass is 1100 g/mol. The van der Waals surface area contributed by atoms with Crippen LogP contribution in [0.1, 0.15) is 103 Å². The van der Waals surface area contributed by atoms with Crippen LogP contribution in [0.5, 0.6) is 0 Å². The fraction of sp³-hybridized carbons (Fsp3) is 0.439. The molecule has 3 aliphatic rings. The average Bonchev–Trinajstić information content (AvgIpc) is 4.31. The van der Waals surface area contributed by atoms with Crippen LogP contribution in [0.25, 0.3) is 15.4 Å². The highest BCUT2D eigenvalue weighted by Gasteiger charge is 2.44. The Balaban J connectivity index is 0.718. The van der Waals surface area contributed by atoms with Crippen molar-refractivity contribution in [2.24, 2.45) is 10.4 Å². The number of nitrogens with one attached hydrogen (secondary N) is 3. The van der Waals surface area contributed by atoms with E-state index in [2.05, 4.69) is 83.6 Å². The summed E-state index contributed by atoms with van der Waals surface area (Å²) in [5, 5.41) is 30.3. The fourth-order valence-electron chi connectivity index (χ4n) is 10.2. The van der Waals surface area contributed by atoms with Crippen molar-refractivity contribution in [1.29, 1.82) is 0 Å². The molecule has 2 fully saturated rings. The lowest BCUT2D eigenvalue weighted by Gasteiger charge is -2.36. The number of aliphatic imine (C=N–C) groups is 1. The van der Waals surface area contributed by atoms with Crippen molar-refractivity contribution in [3.05, 3.63) is 133 Å². The van der Waals surface area contributed by atoms with Crippen LogP contribution in [0, 0.1) is 33.1 Å². The van der Waals surface area contributed by atoms with Crippen molar-refractivity contribution in [2.45, 2.75) is 105 Å². The molecule has 6 aromatic rings.